The third-order valence-electron chi connectivity index (χ3n) is 5.09. The van der Waals surface area contributed by atoms with Crippen molar-refractivity contribution in [2.75, 3.05) is 39.4 Å². The van der Waals surface area contributed by atoms with E-state index in [4.69, 9.17) is 9.15 Å². The Bertz CT molecular complexity index is 774. The third kappa shape index (κ3) is 4.56. The zero-order chi connectivity index (χ0) is 18.6. The molecule has 0 aliphatic carbocycles. The minimum absolute atomic E-state index is 0.0470. The summed E-state index contributed by atoms with van der Waals surface area (Å²) in [6.07, 6.45) is 1.95. The Labute approximate surface area is 166 Å². The van der Waals surface area contributed by atoms with Crippen LogP contribution in [0.2, 0.25) is 0 Å². The van der Waals surface area contributed by atoms with Gasteiger partial charge < -0.3 is 14.1 Å². The average molecular weight is 435 g/mol. The number of rotatable bonds is 4. The maximum atomic E-state index is 12.8. The molecule has 0 spiro atoms. The minimum Gasteiger partial charge on any atom is -0.419 e. The van der Waals surface area contributed by atoms with Gasteiger partial charge >= 0.3 is 0 Å². The molecule has 0 radical (unpaired) electrons. The molecule has 7 nitrogen and oxygen atoms in total. The molecule has 27 heavy (non-hydrogen) atoms. The summed E-state index contributed by atoms with van der Waals surface area (Å²) < 4.78 is 12.2. The van der Waals surface area contributed by atoms with E-state index < -0.39 is 0 Å². The molecule has 2 saturated heterocycles. The van der Waals surface area contributed by atoms with Crippen LogP contribution in [0.15, 0.2) is 33.2 Å². The molecule has 1 aromatic heterocycles. The lowest BCUT2D eigenvalue weighted by atomic mass is 9.96. The first-order valence-electron chi connectivity index (χ1n) is 9.36. The second kappa shape index (κ2) is 8.50. The number of ether oxygens (including phenoxy) is 1. The number of carbonyl (C=O) groups excluding carboxylic acids is 1. The van der Waals surface area contributed by atoms with Crippen LogP contribution in [0.4, 0.5) is 0 Å². The number of halogens is 1. The molecule has 1 unspecified atom stereocenters. The van der Waals surface area contributed by atoms with E-state index in [1.807, 2.05) is 29.2 Å². The standard InChI is InChI=1S/C19H23BrN4O3/c20-16-5-3-14(4-6-16)18-22-21-17(27-18)13-23-7-1-2-15(12-23)19(25)24-8-10-26-11-9-24/h3-6,15H,1-2,7-13H2. The largest absolute Gasteiger partial charge is 0.419 e. The van der Waals surface area contributed by atoms with Crippen LogP contribution in [-0.4, -0.2) is 65.3 Å². The lowest BCUT2D eigenvalue weighted by Gasteiger charge is -2.35. The molecular weight excluding hydrogens is 412 g/mol. The second-order valence-electron chi connectivity index (χ2n) is 7.02. The summed E-state index contributed by atoms with van der Waals surface area (Å²) in [6.45, 7) is 4.96. The van der Waals surface area contributed by atoms with Crippen molar-refractivity contribution in [3.05, 3.63) is 34.6 Å². The van der Waals surface area contributed by atoms with Gasteiger partial charge in [-0.25, -0.2) is 0 Å². The molecule has 2 aliphatic rings. The van der Waals surface area contributed by atoms with E-state index in [1.165, 1.54) is 0 Å². The first-order chi connectivity index (χ1) is 13.2. The van der Waals surface area contributed by atoms with E-state index >= 15 is 0 Å². The minimum atomic E-state index is 0.0470. The predicted molar refractivity (Wildman–Crippen MR) is 103 cm³/mol. The van der Waals surface area contributed by atoms with Gasteiger partial charge in [-0.05, 0) is 43.7 Å². The zero-order valence-electron chi connectivity index (χ0n) is 15.1. The van der Waals surface area contributed by atoms with Gasteiger partial charge in [-0.3, -0.25) is 9.69 Å². The molecule has 1 amide bonds. The van der Waals surface area contributed by atoms with Crippen molar-refractivity contribution in [1.29, 1.82) is 0 Å². The quantitative estimate of drug-likeness (QED) is 0.736. The fourth-order valence-electron chi connectivity index (χ4n) is 3.66. The van der Waals surface area contributed by atoms with E-state index in [1.54, 1.807) is 0 Å². The van der Waals surface area contributed by atoms with Gasteiger partial charge in [-0.15, -0.1) is 10.2 Å². The van der Waals surface area contributed by atoms with Crippen molar-refractivity contribution in [3.8, 4) is 11.5 Å². The molecule has 0 saturated carbocycles. The Morgan fingerprint density at radius 3 is 2.70 bits per heavy atom. The summed E-state index contributed by atoms with van der Waals surface area (Å²) >= 11 is 3.42. The van der Waals surface area contributed by atoms with Gasteiger partial charge in [0.2, 0.25) is 17.7 Å². The molecule has 1 atom stereocenters. The average Bonchev–Trinajstić information content (AvgIpc) is 3.17. The number of nitrogens with zero attached hydrogens (tertiary/aromatic N) is 4. The Hall–Kier alpha value is -1.77. The maximum absolute atomic E-state index is 12.8. The molecule has 3 heterocycles. The number of hydrogen-bond donors (Lipinski definition) is 0. The van der Waals surface area contributed by atoms with Crippen molar-refractivity contribution in [1.82, 2.24) is 20.0 Å². The zero-order valence-corrected chi connectivity index (χ0v) is 16.7. The molecule has 2 aliphatic heterocycles. The van der Waals surface area contributed by atoms with Crippen molar-refractivity contribution < 1.29 is 13.9 Å². The lowest BCUT2D eigenvalue weighted by molar-refractivity contribution is -0.141. The first-order valence-corrected chi connectivity index (χ1v) is 10.2. The first kappa shape index (κ1) is 18.6. The van der Waals surface area contributed by atoms with Crippen molar-refractivity contribution in [3.63, 3.8) is 0 Å². The summed E-state index contributed by atoms with van der Waals surface area (Å²) in [7, 11) is 0. The van der Waals surface area contributed by atoms with Gasteiger partial charge in [0, 0.05) is 29.7 Å². The van der Waals surface area contributed by atoms with Crippen LogP contribution in [0.1, 0.15) is 18.7 Å². The monoisotopic (exact) mass is 434 g/mol. The maximum Gasteiger partial charge on any atom is 0.247 e. The Kier molecular flexibility index (Phi) is 5.85. The number of aromatic nitrogens is 2. The molecular formula is C19H23BrN4O3. The van der Waals surface area contributed by atoms with E-state index in [0.717, 1.165) is 36.0 Å². The SMILES string of the molecule is O=C(C1CCCN(Cc2nnc(-c3ccc(Br)cc3)o2)C1)N1CCOCC1. The second-order valence-corrected chi connectivity index (χ2v) is 7.94. The molecule has 0 bridgehead atoms. The van der Waals surface area contributed by atoms with Gasteiger partial charge in [-0.1, -0.05) is 15.9 Å². The van der Waals surface area contributed by atoms with Gasteiger partial charge in [0.15, 0.2) is 0 Å². The van der Waals surface area contributed by atoms with E-state index in [-0.39, 0.29) is 11.8 Å². The summed E-state index contributed by atoms with van der Waals surface area (Å²) in [5.41, 5.74) is 0.899. The van der Waals surface area contributed by atoms with Crippen molar-refractivity contribution in [2.24, 2.45) is 5.92 Å². The van der Waals surface area contributed by atoms with Crippen LogP contribution >= 0.6 is 15.9 Å². The summed E-state index contributed by atoms with van der Waals surface area (Å²) in [5, 5.41) is 8.35. The van der Waals surface area contributed by atoms with E-state index in [2.05, 4.69) is 31.0 Å². The highest BCUT2D eigenvalue weighted by molar-refractivity contribution is 9.10. The number of likely N-dealkylation sites (tertiary alicyclic amines) is 1. The summed E-state index contributed by atoms with van der Waals surface area (Å²) in [5.74, 6) is 1.41. The molecule has 2 fully saturated rings. The third-order valence-corrected chi connectivity index (χ3v) is 5.62. The topological polar surface area (TPSA) is 71.7 Å². The van der Waals surface area contributed by atoms with Crippen LogP contribution < -0.4 is 0 Å². The lowest BCUT2D eigenvalue weighted by Crippen LogP contribution is -2.48. The fraction of sp³-hybridized carbons (Fsp3) is 0.526. The van der Waals surface area contributed by atoms with Crippen LogP contribution in [0, 0.1) is 5.92 Å². The van der Waals surface area contributed by atoms with Gasteiger partial charge in [0.25, 0.3) is 0 Å². The fourth-order valence-corrected chi connectivity index (χ4v) is 3.92. The van der Waals surface area contributed by atoms with Crippen molar-refractivity contribution >= 4 is 21.8 Å². The molecule has 2 aromatic rings. The number of piperidine rings is 1. The normalized spacial score (nSPS) is 21.4. The van der Waals surface area contributed by atoms with Gasteiger partial charge in [-0.2, -0.15) is 0 Å². The van der Waals surface area contributed by atoms with E-state index in [9.17, 15) is 4.79 Å². The highest BCUT2D eigenvalue weighted by atomic mass is 79.9. The molecule has 144 valence electrons. The molecule has 1 aromatic carbocycles. The molecule has 0 N–H and O–H groups in total. The number of carbonyl (C=O) groups is 1. The smallest absolute Gasteiger partial charge is 0.247 e. The summed E-state index contributed by atoms with van der Waals surface area (Å²) in [6, 6.07) is 7.79. The number of amides is 1. The van der Waals surface area contributed by atoms with Crippen LogP contribution in [0.25, 0.3) is 11.5 Å². The Morgan fingerprint density at radius 1 is 1.15 bits per heavy atom. The highest BCUT2D eigenvalue weighted by Crippen LogP contribution is 2.23. The predicted octanol–water partition coefficient (Wildman–Crippen LogP) is 2.57. The van der Waals surface area contributed by atoms with Gasteiger partial charge in [0.05, 0.1) is 25.7 Å². The Morgan fingerprint density at radius 2 is 1.93 bits per heavy atom. The Balaban J connectivity index is 1.36. The number of benzene rings is 1. The summed E-state index contributed by atoms with van der Waals surface area (Å²) in [4.78, 5) is 16.9. The number of morpholine rings is 1. The van der Waals surface area contributed by atoms with Crippen LogP contribution in [-0.2, 0) is 16.1 Å². The van der Waals surface area contributed by atoms with E-state index in [0.29, 0.717) is 44.6 Å². The molecule has 8 heteroatoms. The van der Waals surface area contributed by atoms with Crippen LogP contribution in [0.5, 0.6) is 0 Å². The van der Waals surface area contributed by atoms with Gasteiger partial charge in [0.1, 0.15) is 0 Å². The van der Waals surface area contributed by atoms with Crippen molar-refractivity contribution in [2.45, 2.75) is 19.4 Å². The highest BCUT2D eigenvalue weighted by Gasteiger charge is 2.30. The molecule has 4 rings (SSSR count). The number of hydrogen-bond acceptors (Lipinski definition) is 6. The van der Waals surface area contributed by atoms with Crippen LogP contribution in [0.3, 0.4) is 0 Å².